The summed E-state index contributed by atoms with van der Waals surface area (Å²) >= 11 is 12.5. The molecule has 1 heterocycles. The molecular weight excluding hydrogens is 443 g/mol. The number of hydrogen-bond donors (Lipinski definition) is 2. The van der Waals surface area contributed by atoms with E-state index in [4.69, 9.17) is 47.7 Å². The molecule has 0 radical (unpaired) electrons. The number of halogens is 2. The van der Waals surface area contributed by atoms with Crippen LogP contribution in [-0.2, 0) is 16.1 Å². The Bertz CT molecular complexity index is 953. The lowest BCUT2D eigenvalue weighted by molar-refractivity contribution is -0.159. The Morgan fingerprint density at radius 1 is 1.06 bits per heavy atom. The van der Waals surface area contributed by atoms with Crippen molar-refractivity contribution in [3.05, 3.63) is 82.9 Å². The molecule has 2 N–H and O–H groups in total. The van der Waals surface area contributed by atoms with Crippen molar-refractivity contribution in [1.82, 2.24) is 9.55 Å². The van der Waals surface area contributed by atoms with Gasteiger partial charge in [-0.1, -0.05) is 47.5 Å². The van der Waals surface area contributed by atoms with Gasteiger partial charge < -0.3 is 19.5 Å². The monoisotopic (exact) mass is 464 g/mol. The summed E-state index contributed by atoms with van der Waals surface area (Å²) in [6.07, 6.45) is 7.49. The first-order chi connectivity index (χ1) is 14.9. The number of hydrogen-bond acceptors (Lipinski definition) is 4. The van der Waals surface area contributed by atoms with Crippen LogP contribution in [0.4, 0.5) is 0 Å². The predicted molar refractivity (Wildman–Crippen MR) is 118 cm³/mol. The Morgan fingerprint density at radius 2 is 1.77 bits per heavy atom. The maximum Gasteiger partial charge on any atom is 0.414 e. The number of aliphatic carboxylic acids is 2. The van der Waals surface area contributed by atoms with Crippen LogP contribution in [0.3, 0.4) is 0 Å². The second-order valence-electron chi connectivity index (χ2n) is 6.54. The Kier molecular flexibility index (Phi) is 9.87. The molecule has 2 aromatic carbocycles. The normalized spacial score (nSPS) is 11.2. The van der Waals surface area contributed by atoms with Crippen molar-refractivity contribution in [3.63, 3.8) is 0 Å². The molecule has 1 aromatic heterocycles. The summed E-state index contributed by atoms with van der Waals surface area (Å²) in [7, 11) is 0. The van der Waals surface area contributed by atoms with E-state index in [9.17, 15) is 0 Å². The molecular formula is C22H22Cl2N2O5. The summed E-state index contributed by atoms with van der Waals surface area (Å²) in [5, 5.41) is 16.1. The molecule has 0 saturated carbocycles. The van der Waals surface area contributed by atoms with Gasteiger partial charge in [-0.2, -0.15) is 0 Å². The van der Waals surface area contributed by atoms with Gasteiger partial charge in [-0.05, 0) is 42.7 Å². The highest BCUT2D eigenvalue weighted by molar-refractivity contribution is 6.35. The molecule has 164 valence electrons. The van der Waals surface area contributed by atoms with E-state index in [1.807, 2.05) is 55.0 Å². The van der Waals surface area contributed by atoms with Gasteiger partial charge >= 0.3 is 11.9 Å². The van der Waals surface area contributed by atoms with Crippen LogP contribution < -0.4 is 4.74 Å². The van der Waals surface area contributed by atoms with Crippen LogP contribution in [0, 0.1) is 0 Å². The van der Waals surface area contributed by atoms with Gasteiger partial charge in [0.25, 0.3) is 0 Å². The number of carboxylic acid groups (broad SMARTS) is 2. The van der Waals surface area contributed by atoms with E-state index in [0.717, 1.165) is 30.7 Å². The molecule has 0 spiro atoms. The van der Waals surface area contributed by atoms with Crippen molar-refractivity contribution < 1.29 is 24.5 Å². The molecule has 3 aromatic rings. The van der Waals surface area contributed by atoms with Gasteiger partial charge in [0.15, 0.2) is 0 Å². The molecule has 0 saturated heterocycles. The van der Waals surface area contributed by atoms with E-state index in [2.05, 4.69) is 9.55 Å². The SMILES string of the molecule is Clc1ccc(C(CCCOc2ccccc2)Cn2ccnc2)c(Cl)c1.O=C(O)C(=O)O. The zero-order valence-electron chi connectivity index (χ0n) is 16.5. The van der Waals surface area contributed by atoms with Crippen molar-refractivity contribution >= 4 is 35.1 Å². The minimum absolute atomic E-state index is 0.276. The van der Waals surface area contributed by atoms with Gasteiger partial charge in [-0.3, -0.25) is 0 Å². The van der Waals surface area contributed by atoms with E-state index in [1.165, 1.54) is 0 Å². The highest BCUT2D eigenvalue weighted by Gasteiger charge is 2.16. The highest BCUT2D eigenvalue weighted by atomic mass is 35.5. The molecule has 0 aliphatic carbocycles. The smallest absolute Gasteiger partial charge is 0.414 e. The van der Waals surface area contributed by atoms with Crippen LogP contribution in [0.15, 0.2) is 67.3 Å². The van der Waals surface area contributed by atoms with Crippen molar-refractivity contribution in [3.8, 4) is 5.75 Å². The van der Waals surface area contributed by atoms with Crippen molar-refractivity contribution in [1.29, 1.82) is 0 Å². The van der Waals surface area contributed by atoms with Gasteiger partial charge in [0.2, 0.25) is 0 Å². The summed E-state index contributed by atoms with van der Waals surface area (Å²) < 4.78 is 7.88. The molecule has 7 nitrogen and oxygen atoms in total. The average molecular weight is 465 g/mol. The van der Waals surface area contributed by atoms with Gasteiger partial charge in [-0.15, -0.1) is 0 Å². The van der Waals surface area contributed by atoms with Gasteiger partial charge in [0, 0.05) is 34.9 Å². The zero-order valence-corrected chi connectivity index (χ0v) is 18.0. The Balaban J connectivity index is 0.000000501. The maximum absolute atomic E-state index is 9.10. The molecule has 0 fully saturated rings. The van der Waals surface area contributed by atoms with Gasteiger partial charge in [-0.25, -0.2) is 14.6 Å². The third kappa shape index (κ3) is 8.70. The largest absolute Gasteiger partial charge is 0.494 e. The zero-order chi connectivity index (χ0) is 22.6. The van der Waals surface area contributed by atoms with E-state index in [0.29, 0.717) is 16.7 Å². The minimum atomic E-state index is -1.82. The highest BCUT2D eigenvalue weighted by Crippen LogP contribution is 2.31. The standard InChI is InChI=1S/C20H20Cl2N2O.C2H2O4/c21-17-8-9-19(20(22)13-17)16(14-24-11-10-23-15-24)5-4-12-25-18-6-2-1-3-7-18;3-1(4)2(5)6/h1-3,6-11,13,15-16H,4-5,12,14H2;(H,3,4)(H,5,6). The van der Waals surface area contributed by atoms with Crippen LogP contribution in [0.1, 0.15) is 24.3 Å². The first kappa shape index (κ1) is 24.2. The second kappa shape index (κ2) is 12.6. The Labute approximate surface area is 189 Å². The molecule has 3 rings (SSSR count). The van der Waals surface area contributed by atoms with Crippen molar-refractivity contribution in [2.24, 2.45) is 0 Å². The number of nitrogens with zero attached hydrogens (tertiary/aromatic N) is 2. The molecule has 0 amide bonds. The van der Waals surface area contributed by atoms with Gasteiger partial charge in [0.05, 0.1) is 12.9 Å². The van der Waals surface area contributed by atoms with Crippen LogP contribution in [-0.4, -0.2) is 38.3 Å². The van der Waals surface area contributed by atoms with Gasteiger partial charge in [0.1, 0.15) is 5.75 Å². The fraction of sp³-hybridized carbons (Fsp3) is 0.227. The third-order valence-corrected chi connectivity index (χ3v) is 4.85. The number of ether oxygens (including phenoxy) is 1. The van der Waals surface area contributed by atoms with E-state index in [-0.39, 0.29) is 5.92 Å². The fourth-order valence-electron chi connectivity index (χ4n) is 2.86. The van der Waals surface area contributed by atoms with Crippen LogP contribution in [0.5, 0.6) is 5.75 Å². The maximum atomic E-state index is 9.10. The predicted octanol–water partition coefficient (Wildman–Crippen LogP) is 4.99. The number of imidazole rings is 1. The summed E-state index contributed by atoms with van der Waals surface area (Å²) in [5.41, 5.74) is 1.11. The van der Waals surface area contributed by atoms with Crippen molar-refractivity contribution in [2.75, 3.05) is 6.61 Å². The minimum Gasteiger partial charge on any atom is -0.494 e. The Hall–Kier alpha value is -3.03. The summed E-state index contributed by atoms with van der Waals surface area (Å²) in [5.74, 6) is -2.47. The molecule has 0 aliphatic heterocycles. The lowest BCUT2D eigenvalue weighted by Gasteiger charge is -2.19. The van der Waals surface area contributed by atoms with Crippen LogP contribution >= 0.6 is 23.2 Å². The van der Waals surface area contributed by atoms with Crippen LogP contribution in [0.25, 0.3) is 0 Å². The molecule has 1 unspecified atom stereocenters. The fourth-order valence-corrected chi connectivity index (χ4v) is 3.43. The number of benzene rings is 2. The topological polar surface area (TPSA) is 102 Å². The lowest BCUT2D eigenvalue weighted by Crippen LogP contribution is -2.10. The van der Waals surface area contributed by atoms with Crippen LogP contribution in [0.2, 0.25) is 10.0 Å². The van der Waals surface area contributed by atoms with E-state index in [1.54, 1.807) is 12.3 Å². The van der Waals surface area contributed by atoms with Crippen molar-refractivity contribution in [2.45, 2.75) is 25.3 Å². The first-order valence-electron chi connectivity index (χ1n) is 9.41. The molecule has 31 heavy (non-hydrogen) atoms. The summed E-state index contributed by atoms with van der Waals surface area (Å²) in [6.45, 7) is 1.50. The molecule has 0 aliphatic rings. The number of aromatic nitrogens is 2. The number of rotatable bonds is 8. The van der Waals surface area contributed by atoms with E-state index < -0.39 is 11.9 Å². The second-order valence-corrected chi connectivity index (χ2v) is 7.38. The summed E-state index contributed by atoms with van der Waals surface area (Å²) in [6, 6.07) is 15.6. The molecule has 9 heteroatoms. The lowest BCUT2D eigenvalue weighted by atomic mass is 9.94. The third-order valence-electron chi connectivity index (χ3n) is 4.28. The number of para-hydroxylation sites is 1. The molecule has 0 bridgehead atoms. The summed E-state index contributed by atoms with van der Waals surface area (Å²) in [4.78, 5) is 22.3. The number of carbonyl (C=O) groups is 2. The number of carboxylic acids is 2. The Morgan fingerprint density at radius 3 is 2.35 bits per heavy atom. The van der Waals surface area contributed by atoms with E-state index >= 15 is 0 Å². The quantitative estimate of drug-likeness (QED) is 0.359. The molecule has 1 atom stereocenters. The first-order valence-corrected chi connectivity index (χ1v) is 10.2. The average Bonchev–Trinajstić information content (AvgIpc) is 3.25.